The minimum Gasteiger partial charge on any atom is -0.300 e. The molecule has 114 valence electrons. The lowest BCUT2D eigenvalue weighted by Gasteiger charge is -2.56. The van der Waals surface area contributed by atoms with Gasteiger partial charge in [-0.1, -0.05) is 0 Å². The second-order valence-electron chi connectivity index (χ2n) is 8.16. The van der Waals surface area contributed by atoms with E-state index < -0.39 is 0 Å². The number of hydrogen-bond donors (Lipinski definition) is 0. The number of aromatic nitrogens is 2. The standard InChI is InChI=1S/C18H26N2O/c1-20-12-13(11-19-20)2-3-17(21)10-18-7-14-4-15(8-18)6-16(5-14)9-18/h11-12,14-16H,2-10H2,1H3. The Morgan fingerprint density at radius 3 is 2.38 bits per heavy atom. The van der Waals surface area contributed by atoms with Crippen LogP contribution in [-0.4, -0.2) is 15.6 Å². The molecule has 21 heavy (non-hydrogen) atoms. The summed E-state index contributed by atoms with van der Waals surface area (Å²) in [5.41, 5.74) is 1.59. The maximum atomic E-state index is 12.5. The summed E-state index contributed by atoms with van der Waals surface area (Å²) >= 11 is 0. The van der Waals surface area contributed by atoms with Crippen molar-refractivity contribution in [3.8, 4) is 0 Å². The van der Waals surface area contributed by atoms with Crippen LogP contribution in [0.2, 0.25) is 0 Å². The van der Waals surface area contributed by atoms with E-state index in [0.29, 0.717) is 17.6 Å². The first-order chi connectivity index (χ1) is 10.1. The molecule has 0 N–H and O–H groups in total. The maximum Gasteiger partial charge on any atom is 0.133 e. The predicted octanol–water partition coefficient (Wildman–Crippen LogP) is 3.53. The van der Waals surface area contributed by atoms with Gasteiger partial charge in [-0.3, -0.25) is 9.48 Å². The van der Waals surface area contributed by atoms with Gasteiger partial charge in [0.15, 0.2) is 0 Å². The lowest BCUT2D eigenvalue weighted by molar-refractivity contribution is -0.127. The van der Waals surface area contributed by atoms with Crippen molar-refractivity contribution in [3.05, 3.63) is 18.0 Å². The van der Waals surface area contributed by atoms with Gasteiger partial charge in [-0.2, -0.15) is 5.10 Å². The number of aryl methyl sites for hydroxylation is 2. The Kier molecular flexibility index (Phi) is 3.20. The number of carbonyl (C=O) groups excluding carboxylic acids is 1. The van der Waals surface area contributed by atoms with E-state index >= 15 is 0 Å². The average molecular weight is 286 g/mol. The molecule has 0 radical (unpaired) electrons. The Bertz CT molecular complexity index is 510. The molecule has 4 fully saturated rings. The zero-order chi connectivity index (χ0) is 14.4. The number of rotatable bonds is 5. The van der Waals surface area contributed by atoms with Gasteiger partial charge < -0.3 is 0 Å². The number of hydrogen-bond acceptors (Lipinski definition) is 2. The molecular weight excluding hydrogens is 260 g/mol. The van der Waals surface area contributed by atoms with Crippen molar-refractivity contribution in [2.75, 3.05) is 0 Å². The summed E-state index contributed by atoms with van der Waals surface area (Å²) in [4.78, 5) is 12.5. The molecule has 0 unspecified atom stereocenters. The summed E-state index contributed by atoms with van der Waals surface area (Å²) in [5, 5.41) is 4.18. The highest BCUT2D eigenvalue weighted by Crippen LogP contribution is 2.61. The molecule has 1 aromatic heterocycles. The van der Waals surface area contributed by atoms with Gasteiger partial charge in [-0.15, -0.1) is 0 Å². The van der Waals surface area contributed by atoms with E-state index in [1.165, 1.54) is 44.1 Å². The van der Waals surface area contributed by atoms with Crippen LogP contribution in [0.3, 0.4) is 0 Å². The fourth-order valence-corrected chi connectivity index (χ4v) is 5.90. The van der Waals surface area contributed by atoms with E-state index in [4.69, 9.17) is 0 Å². The number of carbonyl (C=O) groups is 1. The molecule has 1 aromatic rings. The molecule has 4 aliphatic rings. The molecular formula is C18H26N2O. The number of ketones is 1. The highest BCUT2D eigenvalue weighted by Gasteiger charge is 2.51. The average Bonchev–Trinajstić information content (AvgIpc) is 2.80. The van der Waals surface area contributed by atoms with Crippen LogP contribution < -0.4 is 0 Å². The highest BCUT2D eigenvalue weighted by atomic mass is 16.1. The van der Waals surface area contributed by atoms with Gasteiger partial charge in [0.1, 0.15) is 5.78 Å². The second kappa shape index (κ2) is 4.96. The Hall–Kier alpha value is -1.12. The van der Waals surface area contributed by atoms with Gasteiger partial charge in [0, 0.05) is 26.1 Å². The van der Waals surface area contributed by atoms with E-state index in [1.807, 2.05) is 24.1 Å². The Morgan fingerprint density at radius 2 is 1.86 bits per heavy atom. The van der Waals surface area contributed by atoms with Crippen LogP contribution in [0.5, 0.6) is 0 Å². The highest BCUT2D eigenvalue weighted by molar-refractivity contribution is 5.79. The molecule has 0 aliphatic heterocycles. The van der Waals surface area contributed by atoms with Gasteiger partial charge in [-0.25, -0.2) is 0 Å². The molecule has 0 atom stereocenters. The molecule has 0 saturated heterocycles. The van der Waals surface area contributed by atoms with Crippen molar-refractivity contribution in [3.63, 3.8) is 0 Å². The van der Waals surface area contributed by atoms with Crippen molar-refractivity contribution in [2.45, 2.75) is 57.8 Å². The van der Waals surface area contributed by atoms with E-state index in [-0.39, 0.29) is 0 Å². The summed E-state index contributed by atoms with van der Waals surface area (Å²) in [7, 11) is 1.93. The maximum absolute atomic E-state index is 12.5. The van der Waals surface area contributed by atoms with Crippen molar-refractivity contribution < 1.29 is 4.79 Å². The molecule has 1 heterocycles. The van der Waals surface area contributed by atoms with Crippen LogP contribution in [0, 0.1) is 23.2 Å². The molecule has 0 spiro atoms. The topological polar surface area (TPSA) is 34.9 Å². The SMILES string of the molecule is Cn1cc(CCC(=O)CC23CC4CC(CC(C4)C2)C3)cn1. The summed E-state index contributed by atoms with van der Waals surface area (Å²) in [6, 6.07) is 0. The summed E-state index contributed by atoms with van der Waals surface area (Å²) in [5.74, 6) is 3.33. The monoisotopic (exact) mass is 286 g/mol. The van der Waals surface area contributed by atoms with Crippen molar-refractivity contribution in [1.82, 2.24) is 9.78 Å². The van der Waals surface area contributed by atoms with Crippen molar-refractivity contribution in [1.29, 1.82) is 0 Å². The van der Waals surface area contributed by atoms with Crippen LogP contribution >= 0.6 is 0 Å². The minimum atomic E-state index is 0.404. The van der Waals surface area contributed by atoms with E-state index in [9.17, 15) is 4.79 Å². The van der Waals surface area contributed by atoms with Gasteiger partial charge in [0.25, 0.3) is 0 Å². The van der Waals surface area contributed by atoms with Crippen LogP contribution in [0.25, 0.3) is 0 Å². The lowest BCUT2D eigenvalue weighted by atomic mass is 9.48. The Morgan fingerprint density at radius 1 is 1.24 bits per heavy atom. The molecule has 4 aliphatic carbocycles. The van der Waals surface area contributed by atoms with Crippen molar-refractivity contribution >= 4 is 5.78 Å². The van der Waals surface area contributed by atoms with Crippen LogP contribution in [0.4, 0.5) is 0 Å². The zero-order valence-electron chi connectivity index (χ0n) is 13.1. The largest absolute Gasteiger partial charge is 0.300 e. The first-order valence-corrected chi connectivity index (χ1v) is 8.59. The van der Waals surface area contributed by atoms with Crippen LogP contribution in [-0.2, 0) is 18.3 Å². The predicted molar refractivity (Wildman–Crippen MR) is 81.8 cm³/mol. The number of Topliss-reactive ketones (excluding diaryl/α,β-unsaturated/α-hetero) is 1. The van der Waals surface area contributed by atoms with Crippen molar-refractivity contribution in [2.24, 2.45) is 30.2 Å². The van der Waals surface area contributed by atoms with Gasteiger partial charge in [0.2, 0.25) is 0 Å². The minimum absolute atomic E-state index is 0.404. The van der Waals surface area contributed by atoms with Crippen LogP contribution in [0.1, 0.15) is 56.9 Å². The Labute approximate surface area is 127 Å². The first-order valence-electron chi connectivity index (χ1n) is 8.59. The molecule has 4 bridgehead atoms. The van der Waals surface area contributed by atoms with Gasteiger partial charge in [-0.05, 0) is 73.7 Å². The fraction of sp³-hybridized carbons (Fsp3) is 0.778. The zero-order valence-corrected chi connectivity index (χ0v) is 13.1. The third-order valence-electron chi connectivity index (χ3n) is 6.19. The summed E-state index contributed by atoms with van der Waals surface area (Å²) in [6.45, 7) is 0. The quantitative estimate of drug-likeness (QED) is 0.830. The fourth-order valence-electron chi connectivity index (χ4n) is 5.90. The summed E-state index contributed by atoms with van der Waals surface area (Å²) in [6.07, 6.45) is 14.8. The third-order valence-corrected chi connectivity index (χ3v) is 6.19. The van der Waals surface area contributed by atoms with E-state index in [2.05, 4.69) is 5.10 Å². The summed E-state index contributed by atoms with van der Waals surface area (Å²) < 4.78 is 1.82. The van der Waals surface area contributed by atoms with Crippen LogP contribution in [0.15, 0.2) is 12.4 Å². The molecule has 3 nitrogen and oxygen atoms in total. The first kappa shape index (κ1) is 13.5. The second-order valence-corrected chi connectivity index (χ2v) is 8.16. The lowest BCUT2D eigenvalue weighted by Crippen LogP contribution is -2.46. The normalized spacial score (nSPS) is 37.1. The molecule has 5 rings (SSSR count). The number of nitrogens with zero attached hydrogens (tertiary/aromatic N) is 2. The molecule has 3 heteroatoms. The van der Waals surface area contributed by atoms with Gasteiger partial charge >= 0.3 is 0 Å². The third kappa shape index (κ3) is 2.67. The van der Waals surface area contributed by atoms with E-state index in [1.54, 1.807) is 0 Å². The van der Waals surface area contributed by atoms with E-state index in [0.717, 1.165) is 30.6 Å². The smallest absolute Gasteiger partial charge is 0.133 e. The molecule has 4 saturated carbocycles. The Balaban J connectivity index is 1.36. The molecule has 0 amide bonds. The molecule has 0 aromatic carbocycles. The van der Waals surface area contributed by atoms with Gasteiger partial charge in [0.05, 0.1) is 6.20 Å².